The highest BCUT2D eigenvalue weighted by Gasteiger charge is 2.11. The van der Waals surface area contributed by atoms with E-state index in [4.69, 9.17) is 0 Å². The van der Waals surface area contributed by atoms with Crippen molar-refractivity contribution in [3.05, 3.63) is 46.2 Å². The molecule has 2 aromatic rings. The number of aryl methyl sites for hydroxylation is 2. The molecule has 2 nitrogen and oxygen atoms in total. The van der Waals surface area contributed by atoms with Gasteiger partial charge in [0.2, 0.25) is 0 Å². The number of aromatic nitrogens is 1. The average molecular weight is 199 g/mol. The summed E-state index contributed by atoms with van der Waals surface area (Å²) in [6, 6.07) is 9.70. The van der Waals surface area contributed by atoms with Crippen LogP contribution in [-0.4, -0.2) is 4.57 Å². The first-order chi connectivity index (χ1) is 7.36. The maximum atomic E-state index is 11.8. The van der Waals surface area contributed by atoms with E-state index in [0.29, 0.717) is 0 Å². The van der Waals surface area contributed by atoms with Gasteiger partial charge in [0.15, 0.2) is 5.43 Å². The lowest BCUT2D eigenvalue weighted by Gasteiger charge is -2.20. The minimum absolute atomic E-state index is 0.166. The zero-order valence-electron chi connectivity index (χ0n) is 8.57. The topological polar surface area (TPSA) is 22.0 Å². The van der Waals surface area contributed by atoms with Crippen LogP contribution in [0.25, 0.3) is 10.9 Å². The van der Waals surface area contributed by atoms with Crippen LogP contribution in [0.2, 0.25) is 0 Å². The average Bonchev–Trinajstić information content (AvgIpc) is 2.30. The van der Waals surface area contributed by atoms with Crippen LogP contribution in [0, 0.1) is 0 Å². The molecule has 1 aromatic carbocycles. The van der Waals surface area contributed by atoms with E-state index >= 15 is 0 Å². The first-order valence-corrected chi connectivity index (χ1v) is 5.48. The van der Waals surface area contributed by atoms with Crippen molar-refractivity contribution in [3.63, 3.8) is 0 Å². The van der Waals surface area contributed by atoms with Crippen LogP contribution in [-0.2, 0) is 13.0 Å². The molecule has 0 radical (unpaired) electrons. The van der Waals surface area contributed by atoms with E-state index in [1.165, 1.54) is 18.5 Å². The Morgan fingerprint density at radius 2 is 2.00 bits per heavy atom. The minimum atomic E-state index is 0.166. The highest BCUT2D eigenvalue weighted by Crippen LogP contribution is 2.19. The monoisotopic (exact) mass is 199 g/mol. The predicted octanol–water partition coefficient (Wildman–Crippen LogP) is 2.34. The van der Waals surface area contributed by atoms with Crippen molar-refractivity contribution in [3.8, 4) is 0 Å². The van der Waals surface area contributed by atoms with Gasteiger partial charge in [0, 0.05) is 23.7 Å². The quantitative estimate of drug-likeness (QED) is 0.638. The molecule has 1 aliphatic heterocycles. The van der Waals surface area contributed by atoms with Crippen molar-refractivity contribution in [2.45, 2.75) is 25.8 Å². The molecule has 76 valence electrons. The van der Waals surface area contributed by atoms with Crippen molar-refractivity contribution >= 4 is 10.9 Å². The summed E-state index contributed by atoms with van der Waals surface area (Å²) in [5, 5.41) is 0.850. The van der Waals surface area contributed by atoms with E-state index in [1.54, 1.807) is 0 Å². The van der Waals surface area contributed by atoms with Crippen LogP contribution in [0.1, 0.15) is 18.5 Å². The summed E-state index contributed by atoms with van der Waals surface area (Å²) in [5.74, 6) is 0. The number of nitrogens with zero attached hydrogens (tertiary/aromatic N) is 1. The molecule has 0 atom stereocenters. The van der Waals surface area contributed by atoms with Gasteiger partial charge < -0.3 is 4.57 Å². The van der Waals surface area contributed by atoms with Gasteiger partial charge >= 0.3 is 0 Å². The minimum Gasteiger partial charge on any atom is -0.344 e. The first kappa shape index (κ1) is 8.72. The van der Waals surface area contributed by atoms with Crippen LogP contribution in [0.3, 0.4) is 0 Å². The summed E-state index contributed by atoms with van der Waals surface area (Å²) < 4.78 is 2.29. The summed E-state index contributed by atoms with van der Waals surface area (Å²) >= 11 is 0. The van der Waals surface area contributed by atoms with Gasteiger partial charge in [0.25, 0.3) is 0 Å². The molecule has 2 heterocycles. The normalized spacial score (nSPS) is 15.2. The van der Waals surface area contributed by atoms with Crippen LogP contribution in [0.5, 0.6) is 0 Å². The van der Waals surface area contributed by atoms with Crippen molar-refractivity contribution in [1.82, 2.24) is 4.57 Å². The van der Waals surface area contributed by atoms with Gasteiger partial charge in [-0.3, -0.25) is 4.79 Å². The zero-order valence-corrected chi connectivity index (χ0v) is 8.57. The van der Waals surface area contributed by atoms with E-state index in [2.05, 4.69) is 4.57 Å². The van der Waals surface area contributed by atoms with Crippen molar-refractivity contribution < 1.29 is 0 Å². The number of hydrogen-bond donors (Lipinski definition) is 0. The molecule has 0 spiro atoms. The molecular formula is C13H13NO. The maximum absolute atomic E-state index is 11.8. The number of benzene rings is 1. The number of rotatable bonds is 0. The first-order valence-electron chi connectivity index (χ1n) is 5.48. The third kappa shape index (κ3) is 1.29. The summed E-state index contributed by atoms with van der Waals surface area (Å²) in [4.78, 5) is 11.8. The summed E-state index contributed by atoms with van der Waals surface area (Å²) in [6.45, 7) is 1.05. The second-order valence-electron chi connectivity index (χ2n) is 4.13. The molecule has 0 bridgehead atoms. The Hall–Kier alpha value is -1.57. The van der Waals surface area contributed by atoms with E-state index < -0.39 is 0 Å². The van der Waals surface area contributed by atoms with Crippen molar-refractivity contribution in [1.29, 1.82) is 0 Å². The highest BCUT2D eigenvalue weighted by atomic mass is 16.1. The van der Waals surface area contributed by atoms with E-state index in [-0.39, 0.29) is 5.43 Å². The van der Waals surface area contributed by atoms with Crippen LogP contribution in [0.15, 0.2) is 35.1 Å². The van der Waals surface area contributed by atoms with E-state index in [9.17, 15) is 4.79 Å². The molecule has 0 unspecified atom stereocenters. The largest absolute Gasteiger partial charge is 0.344 e. The fourth-order valence-electron chi connectivity index (χ4n) is 2.43. The van der Waals surface area contributed by atoms with Gasteiger partial charge in [-0.25, -0.2) is 0 Å². The van der Waals surface area contributed by atoms with Gasteiger partial charge in [-0.1, -0.05) is 12.1 Å². The molecule has 0 amide bonds. The molecular weight excluding hydrogens is 186 g/mol. The Kier molecular flexibility index (Phi) is 1.88. The molecule has 0 fully saturated rings. The lowest BCUT2D eigenvalue weighted by Crippen LogP contribution is -2.18. The van der Waals surface area contributed by atoms with E-state index in [1.807, 2.05) is 30.3 Å². The fraction of sp³-hybridized carbons (Fsp3) is 0.308. The molecule has 0 aliphatic carbocycles. The SMILES string of the molecule is O=c1cc2n(c3ccccc13)CCCC2. The second kappa shape index (κ2) is 3.23. The second-order valence-corrected chi connectivity index (χ2v) is 4.13. The van der Waals surface area contributed by atoms with Crippen LogP contribution < -0.4 is 5.43 Å². The van der Waals surface area contributed by atoms with Gasteiger partial charge in [-0.2, -0.15) is 0 Å². The lowest BCUT2D eigenvalue weighted by atomic mass is 10.1. The maximum Gasteiger partial charge on any atom is 0.189 e. The lowest BCUT2D eigenvalue weighted by molar-refractivity contribution is 0.539. The Morgan fingerprint density at radius 3 is 2.93 bits per heavy atom. The third-order valence-electron chi connectivity index (χ3n) is 3.17. The van der Waals surface area contributed by atoms with Gasteiger partial charge in [-0.15, -0.1) is 0 Å². The Labute approximate surface area is 88.2 Å². The zero-order chi connectivity index (χ0) is 10.3. The number of fused-ring (bicyclic) bond motifs is 3. The summed E-state index contributed by atoms with van der Waals surface area (Å²) in [7, 11) is 0. The van der Waals surface area contributed by atoms with Crippen LogP contribution in [0.4, 0.5) is 0 Å². The van der Waals surface area contributed by atoms with Gasteiger partial charge in [-0.05, 0) is 31.4 Å². The molecule has 15 heavy (non-hydrogen) atoms. The standard InChI is InChI=1S/C13H13NO/c15-13-9-10-5-3-4-8-14(10)12-7-2-1-6-11(12)13/h1-2,6-7,9H,3-5,8H2. The van der Waals surface area contributed by atoms with Gasteiger partial charge in [0.1, 0.15) is 0 Å². The molecule has 0 saturated heterocycles. The predicted molar refractivity (Wildman–Crippen MR) is 61.1 cm³/mol. The van der Waals surface area contributed by atoms with Crippen molar-refractivity contribution in [2.75, 3.05) is 0 Å². The number of pyridine rings is 1. The number of para-hydroxylation sites is 1. The van der Waals surface area contributed by atoms with Crippen molar-refractivity contribution in [2.24, 2.45) is 0 Å². The highest BCUT2D eigenvalue weighted by molar-refractivity contribution is 5.79. The third-order valence-corrected chi connectivity index (χ3v) is 3.17. The molecule has 2 heteroatoms. The Bertz CT molecular complexity index is 568. The Balaban J connectivity index is 2.45. The molecule has 3 rings (SSSR count). The van der Waals surface area contributed by atoms with E-state index in [0.717, 1.165) is 23.9 Å². The molecule has 1 aliphatic rings. The summed E-state index contributed by atoms with van der Waals surface area (Å²) in [6.07, 6.45) is 3.47. The fourth-order valence-corrected chi connectivity index (χ4v) is 2.43. The Morgan fingerprint density at radius 1 is 1.13 bits per heavy atom. The molecule has 0 saturated carbocycles. The van der Waals surface area contributed by atoms with Gasteiger partial charge in [0.05, 0.1) is 5.52 Å². The van der Waals surface area contributed by atoms with Crippen LogP contribution >= 0.6 is 0 Å². The molecule has 1 aromatic heterocycles. The molecule has 0 N–H and O–H groups in total. The number of hydrogen-bond acceptors (Lipinski definition) is 1. The summed E-state index contributed by atoms with van der Waals surface area (Å²) in [5.41, 5.74) is 2.46. The smallest absolute Gasteiger partial charge is 0.189 e.